The number of hydrogen-bond acceptors (Lipinski definition) is 6. The number of amides is 2. The van der Waals surface area contributed by atoms with Gasteiger partial charge in [0.25, 0.3) is 0 Å². The Morgan fingerprint density at radius 2 is 1.42 bits per heavy atom. The van der Waals surface area contributed by atoms with E-state index in [0.717, 1.165) is 5.56 Å². The molecule has 9 heteroatoms. The first kappa shape index (κ1) is 26.0. The Labute approximate surface area is 198 Å². The highest BCUT2D eigenvalue weighted by Crippen LogP contribution is 2.14. The lowest BCUT2D eigenvalue weighted by atomic mass is 10.0. The third kappa shape index (κ3) is 9.02. The van der Waals surface area contributed by atoms with Gasteiger partial charge in [-0.25, -0.2) is 9.59 Å². The van der Waals surface area contributed by atoms with Crippen LogP contribution in [0.15, 0.2) is 48.5 Å². The molecule has 0 aliphatic carbocycles. The van der Waals surface area contributed by atoms with Crippen molar-refractivity contribution in [2.45, 2.75) is 51.3 Å². The predicted molar refractivity (Wildman–Crippen MR) is 124 cm³/mol. The maximum absolute atomic E-state index is 13.1. The number of aromatic hydroxyl groups is 1. The lowest BCUT2D eigenvalue weighted by Gasteiger charge is -2.25. The summed E-state index contributed by atoms with van der Waals surface area (Å²) >= 11 is 5.94. The Bertz CT molecular complexity index is 954. The van der Waals surface area contributed by atoms with Crippen LogP contribution in [0.5, 0.6) is 5.75 Å². The summed E-state index contributed by atoms with van der Waals surface area (Å²) in [5.41, 5.74) is 0.709. The molecule has 8 nitrogen and oxygen atoms in total. The number of methoxy groups -OCH3 is 1. The van der Waals surface area contributed by atoms with E-state index in [9.17, 15) is 19.5 Å². The van der Waals surface area contributed by atoms with Gasteiger partial charge in [0.1, 0.15) is 23.4 Å². The Hall–Kier alpha value is -3.26. The summed E-state index contributed by atoms with van der Waals surface area (Å²) < 4.78 is 10.1. The van der Waals surface area contributed by atoms with Gasteiger partial charge in [0.15, 0.2) is 0 Å². The Morgan fingerprint density at radius 1 is 0.909 bits per heavy atom. The van der Waals surface area contributed by atoms with Crippen molar-refractivity contribution in [2.24, 2.45) is 0 Å². The van der Waals surface area contributed by atoms with E-state index in [1.165, 1.54) is 19.2 Å². The van der Waals surface area contributed by atoms with Crippen molar-refractivity contribution >= 4 is 29.6 Å². The van der Waals surface area contributed by atoms with Crippen molar-refractivity contribution in [3.63, 3.8) is 0 Å². The topological polar surface area (TPSA) is 114 Å². The van der Waals surface area contributed by atoms with Gasteiger partial charge in [-0.2, -0.15) is 0 Å². The lowest BCUT2D eigenvalue weighted by Crippen LogP contribution is -2.53. The molecular weight excluding hydrogens is 448 g/mol. The third-order valence-corrected chi connectivity index (χ3v) is 4.79. The molecule has 0 radical (unpaired) electrons. The van der Waals surface area contributed by atoms with Crippen molar-refractivity contribution in [1.29, 1.82) is 0 Å². The van der Waals surface area contributed by atoms with E-state index in [2.05, 4.69) is 10.6 Å². The minimum absolute atomic E-state index is 0.0852. The molecule has 0 bridgehead atoms. The van der Waals surface area contributed by atoms with E-state index in [4.69, 9.17) is 21.1 Å². The Balaban J connectivity index is 2.21. The number of benzene rings is 2. The van der Waals surface area contributed by atoms with E-state index < -0.39 is 35.7 Å². The van der Waals surface area contributed by atoms with Crippen molar-refractivity contribution in [2.75, 3.05) is 7.11 Å². The van der Waals surface area contributed by atoms with Gasteiger partial charge < -0.3 is 25.2 Å². The van der Waals surface area contributed by atoms with Gasteiger partial charge in [-0.15, -0.1) is 0 Å². The summed E-state index contributed by atoms with van der Waals surface area (Å²) in [5.74, 6) is -1.13. The number of hydrogen-bond donors (Lipinski definition) is 3. The summed E-state index contributed by atoms with van der Waals surface area (Å²) in [6, 6.07) is 11.1. The molecule has 3 N–H and O–H groups in total. The summed E-state index contributed by atoms with van der Waals surface area (Å²) in [7, 11) is 1.22. The molecule has 33 heavy (non-hydrogen) atoms. The molecule has 2 rings (SSSR count). The molecule has 0 aliphatic heterocycles. The molecule has 0 saturated heterocycles. The van der Waals surface area contributed by atoms with Crippen molar-refractivity contribution < 1.29 is 29.0 Å². The zero-order valence-corrected chi connectivity index (χ0v) is 19.8. The van der Waals surface area contributed by atoms with E-state index in [-0.39, 0.29) is 18.6 Å². The lowest BCUT2D eigenvalue weighted by molar-refractivity contribution is -0.145. The highest BCUT2D eigenvalue weighted by atomic mass is 35.5. The molecule has 2 aromatic carbocycles. The molecule has 0 saturated carbocycles. The van der Waals surface area contributed by atoms with Gasteiger partial charge in [-0.05, 0) is 56.2 Å². The fourth-order valence-corrected chi connectivity index (χ4v) is 3.12. The normalized spacial score (nSPS) is 12.9. The Kier molecular flexibility index (Phi) is 9.11. The third-order valence-electron chi connectivity index (χ3n) is 4.54. The minimum atomic E-state index is -1.02. The van der Waals surface area contributed by atoms with Crippen LogP contribution in [0.1, 0.15) is 31.9 Å². The molecular formula is C24H29ClN2O6. The second-order valence-electron chi connectivity index (χ2n) is 8.48. The van der Waals surface area contributed by atoms with Crippen molar-refractivity contribution in [3.05, 3.63) is 64.7 Å². The molecule has 2 amide bonds. The maximum atomic E-state index is 13.1. The second-order valence-corrected chi connectivity index (χ2v) is 8.92. The number of halogens is 1. The van der Waals surface area contributed by atoms with E-state index >= 15 is 0 Å². The van der Waals surface area contributed by atoms with Crippen LogP contribution >= 0.6 is 11.6 Å². The van der Waals surface area contributed by atoms with E-state index in [1.807, 2.05) is 0 Å². The zero-order valence-electron chi connectivity index (χ0n) is 19.1. The first-order valence-corrected chi connectivity index (χ1v) is 10.7. The van der Waals surface area contributed by atoms with Gasteiger partial charge in [0, 0.05) is 17.9 Å². The van der Waals surface area contributed by atoms with Crippen LogP contribution in [0.4, 0.5) is 4.79 Å². The first-order valence-electron chi connectivity index (χ1n) is 10.4. The van der Waals surface area contributed by atoms with Crippen LogP contribution in [0.3, 0.4) is 0 Å². The summed E-state index contributed by atoms with van der Waals surface area (Å²) in [4.78, 5) is 37.8. The van der Waals surface area contributed by atoms with Crippen LogP contribution in [-0.2, 0) is 31.9 Å². The fourth-order valence-electron chi connectivity index (χ4n) is 2.99. The number of ether oxygens (including phenoxy) is 2. The molecule has 2 unspecified atom stereocenters. The predicted octanol–water partition coefficient (Wildman–Crippen LogP) is 3.38. The summed E-state index contributed by atoms with van der Waals surface area (Å²) in [6.07, 6.45) is -0.474. The number of carbonyl (C=O) groups is 3. The van der Waals surface area contributed by atoms with Gasteiger partial charge in [0.2, 0.25) is 5.91 Å². The number of carbonyl (C=O) groups excluding carboxylic acids is 3. The number of nitrogens with one attached hydrogen (secondary N) is 2. The number of phenolic OH excluding ortho intramolecular Hbond substituents is 1. The zero-order chi connectivity index (χ0) is 24.6. The van der Waals surface area contributed by atoms with Gasteiger partial charge in [0.05, 0.1) is 7.11 Å². The average molecular weight is 477 g/mol. The molecule has 0 aliphatic rings. The molecule has 0 aromatic heterocycles. The van der Waals surface area contributed by atoms with Crippen LogP contribution in [0.2, 0.25) is 5.02 Å². The van der Waals surface area contributed by atoms with E-state index in [0.29, 0.717) is 10.6 Å². The fraction of sp³-hybridized carbons (Fsp3) is 0.375. The molecule has 178 valence electrons. The Morgan fingerprint density at radius 3 is 1.94 bits per heavy atom. The second kappa shape index (κ2) is 11.6. The molecule has 0 fully saturated rings. The monoisotopic (exact) mass is 476 g/mol. The molecule has 0 spiro atoms. The van der Waals surface area contributed by atoms with Crippen LogP contribution in [0.25, 0.3) is 0 Å². The van der Waals surface area contributed by atoms with E-state index in [1.54, 1.807) is 57.2 Å². The van der Waals surface area contributed by atoms with Gasteiger partial charge in [-0.3, -0.25) is 4.79 Å². The maximum Gasteiger partial charge on any atom is 0.408 e. The van der Waals surface area contributed by atoms with Crippen molar-refractivity contribution in [1.82, 2.24) is 10.6 Å². The smallest absolute Gasteiger partial charge is 0.408 e. The van der Waals surface area contributed by atoms with Crippen molar-refractivity contribution in [3.8, 4) is 5.75 Å². The SMILES string of the molecule is COC(=O)C(Cc1ccc(O)cc1)NC(=O)C(Cc1ccc(Cl)cc1)NC(=O)OC(C)(C)C. The first-order chi connectivity index (χ1) is 15.5. The molecule has 2 atom stereocenters. The standard InChI is InChI=1S/C24H29ClN2O6/c1-24(2,3)33-23(31)27-19(13-15-5-9-17(25)10-6-15)21(29)26-20(22(30)32-4)14-16-7-11-18(28)12-8-16/h5-12,19-20,28H,13-14H2,1-4H3,(H,26,29)(H,27,31). The summed E-state index contributed by atoms with van der Waals surface area (Å²) in [6.45, 7) is 5.14. The molecule has 0 heterocycles. The average Bonchev–Trinajstić information content (AvgIpc) is 2.73. The number of phenols is 1. The minimum Gasteiger partial charge on any atom is -0.508 e. The summed E-state index contributed by atoms with van der Waals surface area (Å²) in [5, 5.41) is 15.2. The van der Waals surface area contributed by atoms with Crippen LogP contribution < -0.4 is 10.6 Å². The van der Waals surface area contributed by atoms with Crippen LogP contribution in [0, 0.1) is 0 Å². The highest BCUT2D eigenvalue weighted by molar-refractivity contribution is 6.30. The van der Waals surface area contributed by atoms with Gasteiger partial charge >= 0.3 is 12.1 Å². The van der Waals surface area contributed by atoms with Crippen LogP contribution in [-0.4, -0.2) is 47.9 Å². The number of esters is 1. The van der Waals surface area contributed by atoms with Gasteiger partial charge in [-0.1, -0.05) is 35.9 Å². The quantitative estimate of drug-likeness (QED) is 0.503. The highest BCUT2D eigenvalue weighted by Gasteiger charge is 2.29. The number of alkyl carbamates (subject to hydrolysis) is 1. The molecule has 2 aromatic rings. The largest absolute Gasteiger partial charge is 0.508 e. The number of rotatable bonds is 8.